The molecule has 0 saturated heterocycles. The van der Waals surface area contributed by atoms with Crippen LogP contribution < -0.4 is 0 Å². The molecule has 2 aromatic rings. The van der Waals surface area contributed by atoms with Crippen LogP contribution in [0.3, 0.4) is 0 Å². The molecule has 0 aliphatic carbocycles. The molecule has 0 radical (unpaired) electrons. The molecule has 0 spiro atoms. The second kappa shape index (κ2) is 3.94. The lowest BCUT2D eigenvalue weighted by Gasteiger charge is -1.99. The standard InChI is InChI=1S/C10H5BrFNO2/c11-7-1-2-8(9(12)3-7)10-6(4-14)5-15-13-10/h1-5H. The van der Waals surface area contributed by atoms with Gasteiger partial charge >= 0.3 is 0 Å². The summed E-state index contributed by atoms with van der Waals surface area (Å²) >= 11 is 3.14. The van der Waals surface area contributed by atoms with Crippen LogP contribution in [0.5, 0.6) is 0 Å². The number of aldehydes is 1. The van der Waals surface area contributed by atoms with E-state index < -0.39 is 5.82 Å². The maximum Gasteiger partial charge on any atom is 0.155 e. The molecule has 0 aliphatic heterocycles. The first-order valence-electron chi connectivity index (χ1n) is 4.07. The van der Waals surface area contributed by atoms with E-state index in [-0.39, 0.29) is 16.8 Å². The number of nitrogens with zero attached hydrogens (tertiary/aromatic N) is 1. The van der Waals surface area contributed by atoms with Crippen molar-refractivity contribution in [3.05, 3.63) is 40.3 Å². The minimum atomic E-state index is -0.457. The first-order chi connectivity index (χ1) is 7.22. The summed E-state index contributed by atoms with van der Waals surface area (Å²) in [6, 6.07) is 4.50. The van der Waals surface area contributed by atoms with Gasteiger partial charge in [-0.25, -0.2) is 4.39 Å². The number of rotatable bonds is 2. The molecule has 0 aliphatic rings. The van der Waals surface area contributed by atoms with Crippen molar-refractivity contribution in [2.75, 3.05) is 0 Å². The van der Waals surface area contributed by atoms with Crippen LogP contribution in [0, 0.1) is 5.82 Å². The van der Waals surface area contributed by atoms with Crippen LogP contribution in [-0.2, 0) is 0 Å². The third-order valence-electron chi connectivity index (χ3n) is 1.91. The Morgan fingerprint density at radius 2 is 2.27 bits per heavy atom. The summed E-state index contributed by atoms with van der Waals surface area (Å²) in [5.74, 6) is -0.457. The first-order valence-corrected chi connectivity index (χ1v) is 4.86. The normalized spacial score (nSPS) is 10.3. The van der Waals surface area contributed by atoms with Crippen LogP contribution in [0.1, 0.15) is 10.4 Å². The van der Waals surface area contributed by atoms with Gasteiger partial charge in [-0.3, -0.25) is 4.79 Å². The monoisotopic (exact) mass is 269 g/mol. The van der Waals surface area contributed by atoms with E-state index in [1.807, 2.05) is 0 Å². The van der Waals surface area contributed by atoms with E-state index >= 15 is 0 Å². The molecule has 3 nitrogen and oxygen atoms in total. The lowest BCUT2D eigenvalue weighted by molar-refractivity contribution is 0.112. The Bertz CT molecular complexity index is 510. The van der Waals surface area contributed by atoms with Gasteiger partial charge in [0.15, 0.2) is 6.29 Å². The van der Waals surface area contributed by atoms with Gasteiger partial charge in [-0.05, 0) is 18.2 Å². The highest BCUT2D eigenvalue weighted by molar-refractivity contribution is 9.10. The lowest BCUT2D eigenvalue weighted by atomic mass is 10.1. The molecule has 0 unspecified atom stereocenters. The fraction of sp³-hybridized carbons (Fsp3) is 0. The molecule has 1 aromatic carbocycles. The van der Waals surface area contributed by atoms with E-state index in [4.69, 9.17) is 0 Å². The fourth-order valence-corrected chi connectivity index (χ4v) is 1.55. The van der Waals surface area contributed by atoms with E-state index in [1.165, 1.54) is 18.4 Å². The number of benzene rings is 1. The Balaban J connectivity index is 2.59. The highest BCUT2D eigenvalue weighted by Gasteiger charge is 2.13. The second-order valence-electron chi connectivity index (χ2n) is 2.86. The molecular weight excluding hydrogens is 265 g/mol. The zero-order valence-corrected chi connectivity index (χ0v) is 8.99. The Hall–Kier alpha value is -1.49. The third kappa shape index (κ3) is 1.83. The number of carbonyl (C=O) groups excluding carboxylic acids is 1. The zero-order chi connectivity index (χ0) is 10.8. The van der Waals surface area contributed by atoms with Gasteiger partial charge < -0.3 is 4.52 Å². The summed E-state index contributed by atoms with van der Waals surface area (Å²) in [4.78, 5) is 10.6. The summed E-state index contributed by atoms with van der Waals surface area (Å²) < 4.78 is 18.7. The SMILES string of the molecule is O=Cc1conc1-c1ccc(Br)cc1F. The number of hydrogen-bond donors (Lipinski definition) is 0. The molecule has 1 heterocycles. The molecule has 0 N–H and O–H groups in total. The Morgan fingerprint density at radius 3 is 2.93 bits per heavy atom. The molecule has 15 heavy (non-hydrogen) atoms. The maximum absolute atomic E-state index is 13.5. The number of hydrogen-bond acceptors (Lipinski definition) is 3. The van der Waals surface area contributed by atoms with Gasteiger partial charge in [0, 0.05) is 10.0 Å². The molecule has 0 amide bonds. The van der Waals surface area contributed by atoms with Crippen molar-refractivity contribution >= 4 is 22.2 Å². The number of carbonyl (C=O) groups is 1. The fourth-order valence-electron chi connectivity index (χ4n) is 1.21. The second-order valence-corrected chi connectivity index (χ2v) is 3.78. The van der Waals surface area contributed by atoms with E-state index in [0.717, 1.165) is 0 Å². The van der Waals surface area contributed by atoms with Gasteiger partial charge in [0.2, 0.25) is 0 Å². The quantitative estimate of drug-likeness (QED) is 0.787. The van der Waals surface area contributed by atoms with Crippen LogP contribution in [-0.4, -0.2) is 11.4 Å². The van der Waals surface area contributed by atoms with Gasteiger partial charge in [0.05, 0.1) is 5.56 Å². The summed E-state index contributed by atoms with van der Waals surface area (Å²) in [6.45, 7) is 0. The highest BCUT2D eigenvalue weighted by atomic mass is 79.9. The smallest absolute Gasteiger partial charge is 0.155 e. The molecule has 0 saturated carbocycles. The summed E-state index contributed by atoms with van der Waals surface area (Å²) in [7, 11) is 0. The number of halogens is 2. The average Bonchev–Trinajstić information content (AvgIpc) is 2.65. The van der Waals surface area contributed by atoms with Gasteiger partial charge in [-0.2, -0.15) is 0 Å². The summed E-state index contributed by atoms with van der Waals surface area (Å²) in [6.07, 6.45) is 1.76. The molecule has 0 fully saturated rings. The Morgan fingerprint density at radius 1 is 1.47 bits per heavy atom. The van der Waals surface area contributed by atoms with Gasteiger partial charge in [0.25, 0.3) is 0 Å². The van der Waals surface area contributed by atoms with Crippen molar-refractivity contribution in [1.82, 2.24) is 5.16 Å². The van der Waals surface area contributed by atoms with E-state index in [2.05, 4.69) is 25.6 Å². The molecule has 76 valence electrons. The average molecular weight is 270 g/mol. The van der Waals surface area contributed by atoms with E-state index in [1.54, 1.807) is 6.07 Å². The Kier molecular flexibility index (Phi) is 2.64. The van der Waals surface area contributed by atoms with Crippen molar-refractivity contribution in [3.63, 3.8) is 0 Å². The predicted molar refractivity (Wildman–Crippen MR) is 55.0 cm³/mol. The summed E-state index contributed by atoms with van der Waals surface area (Å²) in [5, 5.41) is 3.59. The topological polar surface area (TPSA) is 43.1 Å². The van der Waals surface area contributed by atoms with Crippen molar-refractivity contribution in [3.8, 4) is 11.3 Å². The zero-order valence-electron chi connectivity index (χ0n) is 7.41. The largest absolute Gasteiger partial charge is 0.363 e. The third-order valence-corrected chi connectivity index (χ3v) is 2.40. The Labute approximate surface area is 93.0 Å². The molecule has 0 bridgehead atoms. The lowest BCUT2D eigenvalue weighted by Crippen LogP contribution is -1.88. The van der Waals surface area contributed by atoms with Gasteiger partial charge in [0.1, 0.15) is 17.8 Å². The van der Waals surface area contributed by atoms with Crippen LogP contribution >= 0.6 is 15.9 Å². The first kappa shape index (κ1) is 10.0. The van der Waals surface area contributed by atoms with Crippen molar-refractivity contribution in [2.45, 2.75) is 0 Å². The van der Waals surface area contributed by atoms with Crippen LogP contribution in [0.4, 0.5) is 4.39 Å². The minimum Gasteiger partial charge on any atom is -0.363 e. The molecule has 5 heteroatoms. The molecule has 1 aromatic heterocycles. The molecular formula is C10H5BrFNO2. The maximum atomic E-state index is 13.5. The van der Waals surface area contributed by atoms with Crippen molar-refractivity contribution < 1.29 is 13.7 Å². The van der Waals surface area contributed by atoms with E-state index in [9.17, 15) is 9.18 Å². The van der Waals surface area contributed by atoms with Crippen LogP contribution in [0.25, 0.3) is 11.3 Å². The van der Waals surface area contributed by atoms with Gasteiger partial charge in [-0.15, -0.1) is 0 Å². The molecule has 0 atom stereocenters. The van der Waals surface area contributed by atoms with Crippen molar-refractivity contribution in [1.29, 1.82) is 0 Å². The molecule has 2 rings (SSSR count). The summed E-state index contributed by atoms with van der Waals surface area (Å²) in [5.41, 5.74) is 0.695. The van der Waals surface area contributed by atoms with Crippen molar-refractivity contribution in [2.24, 2.45) is 0 Å². The van der Waals surface area contributed by atoms with E-state index in [0.29, 0.717) is 10.8 Å². The minimum absolute atomic E-state index is 0.218. The highest BCUT2D eigenvalue weighted by Crippen LogP contribution is 2.26. The predicted octanol–water partition coefficient (Wildman–Crippen LogP) is 3.06. The van der Waals surface area contributed by atoms with Crippen LogP contribution in [0.2, 0.25) is 0 Å². The van der Waals surface area contributed by atoms with Crippen LogP contribution in [0.15, 0.2) is 33.5 Å². The number of aromatic nitrogens is 1. The van der Waals surface area contributed by atoms with Gasteiger partial charge in [-0.1, -0.05) is 21.1 Å².